The molecule has 0 spiro atoms. The van der Waals surface area contributed by atoms with Gasteiger partial charge in [-0.3, -0.25) is 19.1 Å². The number of nitrogens with one attached hydrogen (secondary N) is 1. The third-order valence-electron chi connectivity index (χ3n) is 3.89. The molecule has 25 heavy (non-hydrogen) atoms. The molecular weight excluding hydrogens is 352 g/mol. The summed E-state index contributed by atoms with van der Waals surface area (Å²) in [6.45, 7) is -0.412. The molecule has 1 aromatic heterocycles. The average Bonchev–Trinajstić information content (AvgIpc) is 2.84. The number of hydrogen-bond donors (Lipinski definition) is 5. The van der Waals surface area contributed by atoms with Gasteiger partial charge in [-0.1, -0.05) is 0 Å². The van der Waals surface area contributed by atoms with Gasteiger partial charge in [0.05, 0.1) is 6.07 Å². The third-order valence-corrected chi connectivity index (χ3v) is 4.29. The van der Waals surface area contributed by atoms with Gasteiger partial charge in [0.1, 0.15) is 24.5 Å². The molecule has 0 bridgehead atoms. The summed E-state index contributed by atoms with van der Waals surface area (Å²) in [7, 11) is 0. The van der Waals surface area contributed by atoms with E-state index in [0.717, 1.165) is 16.8 Å². The molecule has 1 aliphatic rings. The first kappa shape index (κ1) is 18.8. The van der Waals surface area contributed by atoms with E-state index in [-0.39, 0.29) is 17.7 Å². The van der Waals surface area contributed by atoms with Crippen LogP contribution in [0.1, 0.15) is 6.42 Å². The van der Waals surface area contributed by atoms with Crippen LogP contribution in [0.25, 0.3) is 0 Å². The molecule has 0 saturated heterocycles. The summed E-state index contributed by atoms with van der Waals surface area (Å²) in [5, 5.41) is 29.9. The number of aromatic nitrogens is 2. The third kappa shape index (κ3) is 3.32. The SMILES string of the molecule is N#C[C@@]1(n2ccc(=O)[nH]c2=O)CC(COC(=O)[C@@H](N)CS)=C(O)C1O. The molecule has 0 amide bonds. The molecule has 11 heteroatoms. The minimum atomic E-state index is -1.88. The molecule has 134 valence electrons. The van der Waals surface area contributed by atoms with Gasteiger partial charge >= 0.3 is 11.7 Å². The number of aromatic amines is 1. The standard InChI is InChI=1S/C14H16N4O6S/c15-6-14(18-2-1-9(19)17-13(18)23)3-7(10(20)11(14)21)4-24-12(22)8(16)5-25/h1-2,8,11,20-21,25H,3-5,16H2,(H,17,19,23)/t8-,11?,14-/m0/s1. The Kier molecular flexibility index (Phi) is 5.36. The Morgan fingerprint density at radius 3 is 2.88 bits per heavy atom. The number of hydrogen-bond acceptors (Lipinski definition) is 9. The zero-order valence-corrected chi connectivity index (χ0v) is 13.8. The summed E-state index contributed by atoms with van der Waals surface area (Å²) in [6, 6.07) is 1.85. The van der Waals surface area contributed by atoms with Crippen molar-refractivity contribution in [3.05, 3.63) is 44.4 Å². The monoisotopic (exact) mass is 368 g/mol. The van der Waals surface area contributed by atoms with E-state index in [2.05, 4.69) is 12.6 Å². The summed E-state index contributed by atoms with van der Waals surface area (Å²) in [5.74, 6) is -1.28. The Morgan fingerprint density at radius 2 is 2.32 bits per heavy atom. The first-order chi connectivity index (χ1) is 11.8. The topological polar surface area (TPSA) is 171 Å². The van der Waals surface area contributed by atoms with Crippen LogP contribution in [0.2, 0.25) is 0 Å². The van der Waals surface area contributed by atoms with Crippen molar-refractivity contribution < 1.29 is 19.7 Å². The number of carbonyl (C=O) groups is 1. The number of aliphatic hydroxyl groups excluding tert-OH is 2. The molecule has 0 saturated carbocycles. The maximum Gasteiger partial charge on any atom is 0.329 e. The number of aliphatic hydroxyl groups is 2. The number of nitrogens with two attached hydrogens (primary N) is 1. The molecule has 0 aliphatic heterocycles. The summed E-state index contributed by atoms with van der Waals surface area (Å²) in [6.07, 6.45) is -0.980. The summed E-state index contributed by atoms with van der Waals surface area (Å²) >= 11 is 3.86. The second-order valence-electron chi connectivity index (χ2n) is 5.48. The molecule has 0 fully saturated rings. The predicted octanol–water partition coefficient (Wildman–Crippen LogP) is -1.87. The Balaban J connectivity index is 2.31. The molecule has 2 rings (SSSR count). The van der Waals surface area contributed by atoms with Gasteiger partial charge in [0.2, 0.25) is 0 Å². The molecular formula is C14H16N4O6S. The number of thiol groups is 1. The summed E-state index contributed by atoms with van der Waals surface area (Å²) < 4.78 is 5.75. The van der Waals surface area contributed by atoms with E-state index >= 15 is 0 Å². The van der Waals surface area contributed by atoms with Gasteiger partial charge in [-0.05, 0) is 0 Å². The van der Waals surface area contributed by atoms with Crippen molar-refractivity contribution in [3.8, 4) is 6.07 Å². The Morgan fingerprint density at radius 1 is 1.64 bits per heavy atom. The maximum absolute atomic E-state index is 12.0. The highest BCUT2D eigenvalue weighted by Gasteiger charge is 2.50. The number of nitrogens with zero attached hydrogens (tertiary/aromatic N) is 2. The number of ether oxygens (including phenoxy) is 1. The fourth-order valence-corrected chi connectivity index (χ4v) is 2.65. The van der Waals surface area contributed by atoms with E-state index in [1.165, 1.54) is 0 Å². The van der Waals surface area contributed by atoms with Crippen molar-refractivity contribution >= 4 is 18.6 Å². The first-order valence-electron chi connectivity index (χ1n) is 7.12. The van der Waals surface area contributed by atoms with Crippen LogP contribution < -0.4 is 17.0 Å². The van der Waals surface area contributed by atoms with Gasteiger partial charge in [-0.25, -0.2) is 4.79 Å². The largest absolute Gasteiger partial charge is 0.509 e. The van der Waals surface area contributed by atoms with Gasteiger partial charge in [-0.2, -0.15) is 17.9 Å². The van der Waals surface area contributed by atoms with Crippen LogP contribution in [0.3, 0.4) is 0 Å². The van der Waals surface area contributed by atoms with E-state index in [1.54, 1.807) is 6.07 Å². The lowest BCUT2D eigenvalue weighted by molar-refractivity contribution is -0.143. The normalized spacial score (nSPS) is 24.0. The molecule has 10 nitrogen and oxygen atoms in total. The van der Waals surface area contributed by atoms with Crippen LogP contribution in [-0.2, 0) is 15.1 Å². The number of nitriles is 1. The molecule has 1 heterocycles. The van der Waals surface area contributed by atoms with Crippen LogP contribution in [0, 0.1) is 11.3 Å². The zero-order chi connectivity index (χ0) is 18.8. The maximum atomic E-state index is 12.0. The predicted molar refractivity (Wildman–Crippen MR) is 88.0 cm³/mol. The quantitative estimate of drug-likeness (QED) is 0.297. The number of esters is 1. The van der Waals surface area contributed by atoms with Gasteiger partial charge in [0.25, 0.3) is 5.56 Å². The number of rotatable bonds is 5. The van der Waals surface area contributed by atoms with Crippen LogP contribution in [0.4, 0.5) is 0 Å². The second-order valence-corrected chi connectivity index (χ2v) is 5.85. The lowest BCUT2D eigenvalue weighted by Crippen LogP contribution is -2.48. The van der Waals surface area contributed by atoms with Gasteiger partial charge in [0, 0.05) is 30.0 Å². The Bertz CT molecular complexity index is 869. The lowest BCUT2D eigenvalue weighted by Gasteiger charge is -2.27. The summed E-state index contributed by atoms with van der Waals surface area (Å²) in [5.41, 5.74) is 2.05. The van der Waals surface area contributed by atoms with Crippen molar-refractivity contribution in [1.29, 1.82) is 5.26 Å². The molecule has 1 aliphatic carbocycles. The highest BCUT2D eigenvalue weighted by atomic mass is 32.1. The van der Waals surface area contributed by atoms with Gasteiger partial charge in [0.15, 0.2) is 5.54 Å². The van der Waals surface area contributed by atoms with Crippen molar-refractivity contribution in [2.24, 2.45) is 5.73 Å². The second kappa shape index (κ2) is 7.14. The van der Waals surface area contributed by atoms with E-state index < -0.39 is 47.3 Å². The average molecular weight is 368 g/mol. The molecule has 0 radical (unpaired) electrons. The number of H-pyrrole nitrogens is 1. The van der Waals surface area contributed by atoms with Crippen molar-refractivity contribution in [2.75, 3.05) is 12.4 Å². The van der Waals surface area contributed by atoms with Gasteiger partial charge < -0.3 is 20.7 Å². The van der Waals surface area contributed by atoms with Crippen molar-refractivity contribution in [3.63, 3.8) is 0 Å². The molecule has 3 atom stereocenters. The molecule has 1 aromatic rings. The smallest absolute Gasteiger partial charge is 0.329 e. The fourth-order valence-electron chi connectivity index (χ4n) is 2.50. The number of carbonyl (C=O) groups excluding carboxylic acids is 1. The Labute approximate surface area is 146 Å². The fraction of sp³-hybridized carbons (Fsp3) is 0.429. The van der Waals surface area contributed by atoms with E-state index in [4.69, 9.17) is 10.5 Å². The zero-order valence-electron chi connectivity index (χ0n) is 12.9. The van der Waals surface area contributed by atoms with Gasteiger partial charge in [-0.15, -0.1) is 0 Å². The van der Waals surface area contributed by atoms with Crippen LogP contribution in [-0.4, -0.2) is 50.2 Å². The minimum Gasteiger partial charge on any atom is -0.509 e. The first-order valence-corrected chi connectivity index (χ1v) is 7.75. The van der Waals surface area contributed by atoms with Crippen molar-refractivity contribution in [1.82, 2.24) is 9.55 Å². The molecule has 5 N–H and O–H groups in total. The van der Waals surface area contributed by atoms with Crippen molar-refractivity contribution in [2.45, 2.75) is 24.1 Å². The highest BCUT2D eigenvalue weighted by molar-refractivity contribution is 7.80. The highest BCUT2D eigenvalue weighted by Crippen LogP contribution is 2.38. The van der Waals surface area contributed by atoms with E-state index in [0.29, 0.717) is 0 Å². The van der Waals surface area contributed by atoms with Crippen LogP contribution >= 0.6 is 12.6 Å². The molecule has 1 unspecified atom stereocenters. The Hall–Kier alpha value is -2.55. The van der Waals surface area contributed by atoms with E-state index in [1.807, 2.05) is 4.98 Å². The van der Waals surface area contributed by atoms with E-state index in [9.17, 15) is 29.9 Å². The minimum absolute atomic E-state index is 0.0569. The molecule has 0 aromatic carbocycles. The lowest BCUT2D eigenvalue weighted by atomic mass is 9.94. The van der Waals surface area contributed by atoms with Crippen LogP contribution in [0.5, 0.6) is 0 Å². The summed E-state index contributed by atoms with van der Waals surface area (Å²) in [4.78, 5) is 36.7. The van der Waals surface area contributed by atoms with Crippen LogP contribution in [0.15, 0.2) is 33.2 Å².